The number of terminal acetylenes is 1. The Morgan fingerprint density at radius 2 is 1.95 bits per heavy atom. The highest BCUT2D eigenvalue weighted by Gasteiger charge is 2.39. The summed E-state index contributed by atoms with van der Waals surface area (Å²) in [7, 11) is 2.78. The molecule has 0 saturated heterocycles. The van der Waals surface area contributed by atoms with Crippen LogP contribution < -0.4 is 14.8 Å². The van der Waals surface area contributed by atoms with Crippen molar-refractivity contribution >= 4 is 5.91 Å². The highest BCUT2D eigenvalue weighted by molar-refractivity contribution is 5.95. The van der Waals surface area contributed by atoms with Gasteiger partial charge in [0.1, 0.15) is 0 Å². The summed E-state index contributed by atoms with van der Waals surface area (Å²) in [5, 5.41) is 20.2. The third-order valence-corrected chi connectivity index (χ3v) is 3.04. The lowest BCUT2D eigenvalue weighted by Crippen LogP contribution is -2.34. The summed E-state index contributed by atoms with van der Waals surface area (Å²) in [5.74, 6) is 2.25. The van der Waals surface area contributed by atoms with E-state index in [0.717, 1.165) is 0 Å². The molecule has 7 heteroatoms. The molecule has 2 rings (SSSR count). The first kappa shape index (κ1) is 14.7. The van der Waals surface area contributed by atoms with Crippen LogP contribution in [0.25, 0.3) is 0 Å². The summed E-state index contributed by atoms with van der Waals surface area (Å²) in [5.41, 5.74) is -0.395. The van der Waals surface area contributed by atoms with Crippen LogP contribution in [0.5, 0.6) is 17.2 Å². The van der Waals surface area contributed by atoms with Crippen LogP contribution in [0, 0.1) is 12.3 Å². The SMILES string of the molecule is C#CCC1(CNC(=O)c2cc(OC)c(O)c(OC)c2)N=N1. The lowest BCUT2D eigenvalue weighted by Gasteiger charge is -2.12. The summed E-state index contributed by atoms with van der Waals surface area (Å²) >= 11 is 0. The Labute approximate surface area is 122 Å². The molecular formula is C14H15N3O4. The second-order valence-electron chi connectivity index (χ2n) is 4.48. The number of phenolic OH excluding ortho intramolecular Hbond substituents is 1. The zero-order valence-electron chi connectivity index (χ0n) is 11.7. The number of hydrogen-bond donors (Lipinski definition) is 2. The number of aromatic hydroxyl groups is 1. The van der Waals surface area contributed by atoms with Crippen molar-refractivity contribution < 1.29 is 19.4 Å². The summed E-state index contributed by atoms with van der Waals surface area (Å²) in [6, 6.07) is 2.84. The zero-order valence-corrected chi connectivity index (χ0v) is 11.7. The first-order valence-electron chi connectivity index (χ1n) is 6.16. The van der Waals surface area contributed by atoms with E-state index >= 15 is 0 Å². The van der Waals surface area contributed by atoms with E-state index in [4.69, 9.17) is 15.9 Å². The molecule has 0 unspecified atom stereocenters. The Morgan fingerprint density at radius 1 is 1.38 bits per heavy atom. The van der Waals surface area contributed by atoms with Gasteiger partial charge in [0, 0.05) is 5.56 Å². The molecule has 1 aromatic carbocycles. The van der Waals surface area contributed by atoms with Crippen LogP contribution >= 0.6 is 0 Å². The summed E-state index contributed by atoms with van der Waals surface area (Å²) in [6.07, 6.45) is 5.56. The van der Waals surface area contributed by atoms with Crippen molar-refractivity contribution in [1.29, 1.82) is 0 Å². The predicted octanol–water partition coefficient (Wildman–Crippen LogP) is 1.32. The average molecular weight is 289 g/mol. The fraction of sp³-hybridized carbons (Fsp3) is 0.357. The molecule has 0 atom stereocenters. The second kappa shape index (κ2) is 5.71. The highest BCUT2D eigenvalue weighted by Crippen LogP contribution is 2.37. The van der Waals surface area contributed by atoms with Gasteiger partial charge in [0.2, 0.25) is 11.4 Å². The third kappa shape index (κ3) is 3.05. The van der Waals surface area contributed by atoms with E-state index in [9.17, 15) is 9.90 Å². The van der Waals surface area contributed by atoms with Gasteiger partial charge >= 0.3 is 0 Å². The number of methoxy groups -OCH3 is 2. The quantitative estimate of drug-likeness (QED) is 0.773. The summed E-state index contributed by atoms with van der Waals surface area (Å²) in [4.78, 5) is 12.1. The summed E-state index contributed by atoms with van der Waals surface area (Å²) in [6.45, 7) is 0.224. The maximum Gasteiger partial charge on any atom is 0.251 e. The van der Waals surface area contributed by atoms with Crippen LogP contribution in [-0.2, 0) is 0 Å². The fourth-order valence-electron chi connectivity index (χ4n) is 1.79. The van der Waals surface area contributed by atoms with Gasteiger partial charge in [0.15, 0.2) is 11.5 Å². The number of nitrogens with one attached hydrogen (secondary N) is 1. The smallest absolute Gasteiger partial charge is 0.251 e. The molecule has 1 amide bonds. The van der Waals surface area contributed by atoms with Gasteiger partial charge in [-0.25, -0.2) is 0 Å². The number of amides is 1. The van der Waals surface area contributed by atoms with E-state index < -0.39 is 5.66 Å². The van der Waals surface area contributed by atoms with E-state index in [-0.39, 0.29) is 35.3 Å². The molecule has 0 aliphatic carbocycles. The van der Waals surface area contributed by atoms with E-state index in [2.05, 4.69) is 21.5 Å². The van der Waals surface area contributed by atoms with Crippen molar-refractivity contribution in [3.05, 3.63) is 17.7 Å². The highest BCUT2D eigenvalue weighted by atomic mass is 16.5. The Balaban J connectivity index is 2.11. The second-order valence-corrected chi connectivity index (χ2v) is 4.48. The Bertz CT molecular complexity index is 603. The van der Waals surface area contributed by atoms with Crippen LogP contribution in [0.3, 0.4) is 0 Å². The van der Waals surface area contributed by atoms with E-state index in [1.165, 1.54) is 26.4 Å². The first-order valence-corrected chi connectivity index (χ1v) is 6.16. The minimum absolute atomic E-state index is 0.152. The van der Waals surface area contributed by atoms with Gasteiger partial charge in [0.05, 0.1) is 27.2 Å². The average Bonchev–Trinajstić information content (AvgIpc) is 3.25. The Kier molecular flexibility index (Phi) is 3.98. The molecule has 110 valence electrons. The number of hydrogen-bond acceptors (Lipinski definition) is 6. The zero-order chi connectivity index (χ0) is 15.5. The monoisotopic (exact) mass is 289 g/mol. The normalized spacial score (nSPS) is 14.1. The van der Waals surface area contributed by atoms with Gasteiger partial charge in [-0.15, -0.1) is 12.3 Å². The van der Waals surface area contributed by atoms with Crippen LogP contribution in [0.2, 0.25) is 0 Å². The van der Waals surface area contributed by atoms with Gasteiger partial charge in [-0.1, -0.05) is 0 Å². The number of carbonyl (C=O) groups excluding carboxylic acids is 1. The lowest BCUT2D eigenvalue weighted by molar-refractivity contribution is 0.0948. The van der Waals surface area contributed by atoms with Gasteiger partial charge in [-0.05, 0) is 12.1 Å². The van der Waals surface area contributed by atoms with E-state index in [1.807, 2.05) is 0 Å². The van der Waals surface area contributed by atoms with Crippen molar-refractivity contribution in [2.75, 3.05) is 20.8 Å². The van der Waals surface area contributed by atoms with Crippen molar-refractivity contribution in [2.24, 2.45) is 10.2 Å². The van der Waals surface area contributed by atoms with Crippen LogP contribution in [0.15, 0.2) is 22.4 Å². The molecule has 1 aliphatic heterocycles. The minimum Gasteiger partial charge on any atom is -0.502 e. The standard InChI is InChI=1S/C14H15N3O4/c1-4-5-14(16-17-14)8-15-13(19)9-6-10(20-2)12(18)11(7-9)21-3/h1,6-7,18H,5,8H2,2-3H3,(H,15,19). The number of phenols is 1. The van der Waals surface area contributed by atoms with Gasteiger partial charge in [-0.2, -0.15) is 10.2 Å². The van der Waals surface area contributed by atoms with Gasteiger partial charge < -0.3 is 19.9 Å². The molecule has 0 bridgehead atoms. The molecule has 0 saturated carbocycles. The van der Waals surface area contributed by atoms with Crippen molar-refractivity contribution in [2.45, 2.75) is 12.1 Å². The Hall–Kier alpha value is -2.75. The van der Waals surface area contributed by atoms with Crippen molar-refractivity contribution in [1.82, 2.24) is 5.32 Å². The first-order chi connectivity index (χ1) is 10.0. The number of carbonyl (C=O) groups is 1. The molecule has 0 aromatic heterocycles. The molecule has 1 aromatic rings. The van der Waals surface area contributed by atoms with E-state index in [0.29, 0.717) is 6.42 Å². The lowest BCUT2D eigenvalue weighted by atomic mass is 10.1. The largest absolute Gasteiger partial charge is 0.502 e. The van der Waals surface area contributed by atoms with Crippen LogP contribution in [0.1, 0.15) is 16.8 Å². The molecule has 0 spiro atoms. The van der Waals surface area contributed by atoms with Crippen LogP contribution in [-0.4, -0.2) is 37.4 Å². The summed E-state index contributed by atoms with van der Waals surface area (Å²) < 4.78 is 10.0. The molecule has 21 heavy (non-hydrogen) atoms. The third-order valence-electron chi connectivity index (χ3n) is 3.04. The minimum atomic E-state index is -0.685. The molecule has 7 nitrogen and oxygen atoms in total. The molecule has 0 fully saturated rings. The fourth-order valence-corrected chi connectivity index (χ4v) is 1.79. The molecule has 1 heterocycles. The van der Waals surface area contributed by atoms with Gasteiger partial charge in [0.25, 0.3) is 5.91 Å². The predicted molar refractivity (Wildman–Crippen MR) is 74.6 cm³/mol. The van der Waals surface area contributed by atoms with Crippen molar-refractivity contribution in [3.8, 4) is 29.6 Å². The maximum absolute atomic E-state index is 12.1. The number of ether oxygens (including phenoxy) is 2. The molecule has 0 radical (unpaired) electrons. The number of rotatable bonds is 6. The Morgan fingerprint density at radius 3 is 2.38 bits per heavy atom. The van der Waals surface area contributed by atoms with E-state index in [1.54, 1.807) is 0 Å². The molecular weight excluding hydrogens is 274 g/mol. The topological polar surface area (TPSA) is 92.5 Å². The maximum atomic E-state index is 12.1. The molecule has 1 aliphatic rings. The number of benzene rings is 1. The van der Waals surface area contributed by atoms with Gasteiger partial charge in [-0.3, -0.25) is 4.79 Å². The van der Waals surface area contributed by atoms with Crippen molar-refractivity contribution in [3.63, 3.8) is 0 Å². The molecule has 2 N–H and O–H groups in total. The van der Waals surface area contributed by atoms with Crippen LogP contribution in [0.4, 0.5) is 0 Å². The number of nitrogens with zero attached hydrogens (tertiary/aromatic N) is 2.